The molecule has 0 aliphatic heterocycles. The van der Waals surface area contributed by atoms with E-state index in [1.165, 1.54) is 0 Å². The minimum Gasteiger partial charge on any atom is -0.484 e. The molecule has 1 aliphatic carbocycles. The van der Waals surface area contributed by atoms with Gasteiger partial charge in [0.05, 0.1) is 16.9 Å². The van der Waals surface area contributed by atoms with Crippen LogP contribution in [0, 0.1) is 18.8 Å². The van der Waals surface area contributed by atoms with Crippen LogP contribution in [0.4, 0.5) is 0 Å². The Kier molecular flexibility index (Phi) is 7.22. The standard InChI is InChI=1S/C26H26ClNO6/c1-15-24(17-6-8-19(27)9-7-17)25(30)21-11-10-20(12-22(21)34-15)33-14-23(29)28-13-16-2-4-18(5-3-16)26(31)32/h6-12,16,18H,2-5,13-14H2,1H3,(H,28,29)(H,31,32). The van der Waals surface area contributed by atoms with Gasteiger partial charge in [0.25, 0.3) is 5.91 Å². The van der Waals surface area contributed by atoms with Crippen molar-refractivity contribution in [2.75, 3.05) is 13.2 Å². The fraction of sp³-hybridized carbons (Fsp3) is 0.346. The second-order valence-corrected chi connectivity index (χ2v) is 9.11. The van der Waals surface area contributed by atoms with Gasteiger partial charge in [-0.3, -0.25) is 14.4 Å². The first-order chi connectivity index (χ1) is 16.3. The molecule has 2 aromatic carbocycles. The molecule has 4 rings (SSSR count). The number of carboxylic acids is 1. The Morgan fingerprint density at radius 3 is 2.50 bits per heavy atom. The van der Waals surface area contributed by atoms with E-state index in [0.717, 1.165) is 18.4 Å². The van der Waals surface area contributed by atoms with Crippen LogP contribution in [0.2, 0.25) is 5.02 Å². The zero-order valence-electron chi connectivity index (χ0n) is 18.8. The Morgan fingerprint density at radius 1 is 1.12 bits per heavy atom. The van der Waals surface area contributed by atoms with E-state index in [4.69, 9.17) is 25.9 Å². The Morgan fingerprint density at radius 2 is 1.82 bits per heavy atom. The van der Waals surface area contributed by atoms with Gasteiger partial charge in [-0.05, 0) is 68.4 Å². The lowest BCUT2D eigenvalue weighted by Crippen LogP contribution is -2.35. The summed E-state index contributed by atoms with van der Waals surface area (Å²) in [5.41, 5.74) is 1.44. The van der Waals surface area contributed by atoms with Gasteiger partial charge in [-0.1, -0.05) is 23.7 Å². The number of aliphatic carboxylic acids is 1. The zero-order valence-corrected chi connectivity index (χ0v) is 19.6. The highest BCUT2D eigenvalue weighted by Gasteiger charge is 2.26. The first kappa shape index (κ1) is 23.8. The number of ether oxygens (including phenoxy) is 1. The summed E-state index contributed by atoms with van der Waals surface area (Å²) in [5.74, 6) is -0.0742. The van der Waals surface area contributed by atoms with Crippen LogP contribution >= 0.6 is 11.6 Å². The highest BCUT2D eigenvalue weighted by molar-refractivity contribution is 6.30. The van der Waals surface area contributed by atoms with Crippen molar-refractivity contribution in [1.29, 1.82) is 0 Å². The molecular formula is C26H26ClNO6. The molecule has 0 radical (unpaired) electrons. The molecule has 1 amide bonds. The monoisotopic (exact) mass is 483 g/mol. The molecule has 178 valence electrons. The summed E-state index contributed by atoms with van der Waals surface area (Å²) in [6.45, 7) is 2.07. The maximum absolute atomic E-state index is 13.1. The molecule has 0 saturated heterocycles. The fourth-order valence-corrected chi connectivity index (χ4v) is 4.52. The molecule has 0 bridgehead atoms. The van der Waals surface area contributed by atoms with Crippen molar-refractivity contribution in [2.45, 2.75) is 32.6 Å². The third-order valence-corrected chi connectivity index (χ3v) is 6.58. The van der Waals surface area contributed by atoms with E-state index >= 15 is 0 Å². The minimum atomic E-state index is -0.737. The predicted octanol–water partition coefficient (Wildman–Crippen LogP) is 4.81. The summed E-state index contributed by atoms with van der Waals surface area (Å²) in [5, 5.41) is 12.9. The lowest BCUT2D eigenvalue weighted by molar-refractivity contribution is -0.143. The minimum absolute atomic E-state index is 0.150. The highest BCUT2D eigenvalue weighted by Crippen LogP contribution is 2.29. The largest absolute Gasteiger partial charge is 0.484 e. The van der Waals surface area contributed by atoms with Gasteiger partial charge in [-0.25, -0.2) is 0 Å². The van der Waals surface area contributed by atoms with Gasteiger partial charge < -0.3 is 19.6 Å². The summed E-state index contributed by atoms with van der Waals surface area (Å²) in [4.78, 5) is 36.3. The Balaban J connectivity index is 1.37. The number of aryl methyl sites for hydroxylation is 1. The molecule has 8 heteroatoms. The summed E-state index contributed by atoms with van der Waals surface area (Å²) >= 11 is 5.95. The van der Waals surface area contributed by atoms with Crippen LogP contribution in [0.15, 0.2) is 51.7 Å². The van der Waals surface area contributed by atoms with Crippen LogP contribution in [-0.4, -0.2) is 30.1 Å². The highest BCUT2D eigenvalue weighted by atomic mass is 35.5. The molecule has 3 aromatic rings. The number of hydrogen-bond donors (Lipinski definition) is 2. The van der Waals surface area contributed by atoms with Crippen LogP contribution in [0.5, 0.6) is 5.75 Å². The van der Waals surface area contributed by atoms with E-state index in [-0.39, 0.29) is 29.8 Å². The quantitative estimate of drug-likeness (QED) is 0.499. The van der Waals surface area contributed by atoms with E-state index in [2.05, 4.69) is 5.32 Å². The average molecular weight is 484 g/mol. The van der Waals surface area contributed by atoms with Crippen LogP contribution in [0.1, 0.15) is 31.4 Å². The summed E-state index contributed by atoms with van der Waals surface area (Å²) < 4.78 is 11.5. The second kappa shape index (κ2) is 10.3. The number of halogens is 1. The van der Waals surface area contributed by atoms with Gasteiger partial charge in [-0.15, -0.1) is 0 Å². The molecule has 1 saturated carbocycles. The van der Waals surface area contributed by atoms with Crippen molar-refractivity contribution in [1.82, 2.24) is 5.32 Å². The third-order valence-electron chi connectivity index (χ3n) is 6.33. The van der Waals surface area contributed by atoms with Crippen molar-refractivity contribution in [3.63, 3.8) is 0 Å². The number of carbonyl (C=O) groups is 2. The number of benzene rings is 2. The molecule has 34 heavy (non-hydrogen) atoms. The van der Waals surface area contributed by atoms with Gasteiger partial charge in [0.2, 0.25) is 5.43 Å². The first-order valence-electron chi connectivity index (χ1n) is 11.3. The predicted molar refractivity (Wildman–Crippen MR) is 129 cm³/mol. The Labute approximate surface area is 201 Å². The number of rotatable bonds is 7. The van der Waals surface area contributed by atoms with E-state index in [1.807, 2.05) is 0 Å². The van der Waals surface area contributed by atoms with E-state index in [1.54, 1.807) is 49.4 Å². The zero-order chi connectivity index (χ0) is 24.2. The molecule has 2 N–H and O–H groups in total. The Bertz CT molecular complexity index is 1260. The van der Waals surface area contributed by atoms with Crippen molar-refractivity contribution in [2.24, 2.45) is 11.8 Å². The maximum Gasteiger partial charge on any atom is 0.306 e. The van der Waals surface area contributed by atoms with Crippen molar-refractivity contribution >= 4 is 34.4 Å². The number of nitrogens with one attached hydrogen (secondary N) is 1. The lowest BCUT2D eigenvalue weighted by Gasteiger charge is -2.26. The summed E-state index contributed by atoms with van der Waals surface area (Å²) in [6, 6.07) is 11.9. The molecule has 1 heterocycles. The molecule has 0 unspecified atom stereocenters. The van der Waals surface area contributed by atoms with Crippen molar-refractivity contribution in [3.05, 3.63) is 63.5 Å². The number of amides is 1. The number of carboxylic acid groups (broad SMARTS) is 1. The summed E-state index contributed by atoms with van der Waals surface area (Å²) in [6.07, 6.45) is 2.87. The van der Waals surface area contributed by atoms with Crippen molar-refractivity contribution in [3.8, 4) is 16.9 Å². The molecule has 0 spiro atoms. The van der Waals surface area contributed by atoms with E-state index in [0.29, 0.717) is 52.5 Å². The van der Waals surface area contributed by atoms with Gasteiger partial charge in [-0.2, -0.15) is 0 Å². The topological polar surface area (TPSA) is 106 Å². The van der Waals surface area contributed by atoms with Crippen molar-refractivity contribution < 1.29 is 23.8 Å². The molecule has 0 atom stereocenters. The fourth-order valence-electron chi connectivity index (χ4n) is 4.40. The van der Waals surface area contributed by atoms with E-state index < -0.39 is 5.97 Å². The van der Waals surface area contributed by atoms with Crippen LogP contribution < -0.4 is 15.5 Å². The number of hydrogen-bond acceptors (Lipinski definition) is 5. The second-order valence-electron chi connectivity index (χ2n) is 8.68. The lowest BCUT2D eigenvalue weighted by atomic mass is 9.82. The molecule has 1 aromatic heterocycles. The SMILES string of the molecule is Cc1oc2cc(OCC(=O)NCC3CCC(C(=O)O)CC3)ccc2c(=O)c1-c1ccc(Cl)cc1. The van der Waals surface area contributed by atoms with Crippen LogP contribution in [0.25, 0.3) is 22.1 Å². The van der Waals surface area contributed by atoms with Gasteiger partial charge in [0, 0.05) is 17.6 Å². The molecule has 7 nitrogen and oxygen atoms in total. The maximum atomic E-state index is 13.1. The Hall–Kier alpha value is -3.32. The number of fused-ring (bicyclic) bond motifs is 1. The van der Waals surface area contributed by atoms with Crippen LogP contribution in [0.3, 0.4) is 0 Å². The normalized spacial score (nSPS) is 17.9. The average Bonchev–Trinajstić information content (AvgIpc) is 2.82. The van der Waals surface area contributed by atoms with Gasteiger partial charge >= 0.3 is 5.97 Å². The molecule has 1 aliphatic rings. The summed E-state index contributed by atoms with van der Waals surface area (Å²) in [7, 11) is 0. The van der Waals surface area contributed by atoms with Crippen LogP contribution in [-0.2, 0) is 9.59 Å². The first-order valence-corrected chi connectivity index (χ1v) is 11.7. The molecule has 1 fully saturated rings. The van der Waals surface area contributed by atoms with Gasteiger partial charge in [0.1, 0.15) is 17.1 Å². The number of carbonyl (C=O) groups excluding carboxylic acids is 1. The van der Waals surface area contributed by atoms with Gasteiger partial charge in [0.15, 0.2) is 6.61 Å². The molecular weight excluding hydrogens is 458 g/mol. The third kappa shape index (κ3) is 5.42. The van der Waals surface area contributed by atoms with E-state index in [9.17, 15) is 14.4 Å². The smallest absolute Gasteiger partial charge is 0.306 e.